The number of benzene rings is 2. The average Bonchev–Trinajstić information content (AvgIpc) is 3.00. The van der Waals surface area contributed by atoms with Crippen molar-refractivity contribution >= 4 is 29.0 Å². The number of rotatable bonds is 5. The van der Waals surface area contributed by atoms with Crippen LogP contribution in [0.2, 0.25) is 0 Å². The SMILES string of the molecule is C[C@H](Sc1nncn1C)c1cccc(NC(=O)c2cccc(N)c2)c1. The van der Waals surface area contributed by atoms with E-state index < -0.39 is 0 Å². The lowest BCUT2D eigenvalue weighted by Crippen LogP contribution is -2.12. The van der Waals surface area contributed by atoms with Gasteiger partial charge in [0, 0.05) is 29.2 Å². The standard InChI is InChI=1S/C18H19N5OS/c1-12(25-18-22-20-11-23(18)2)13-5-4-8-16(10-13)21-17(24)14-6-3-7-15(19)9-14/h3-12H,19H2,1-2H3,(H,21,24)/t12-/m0/s1. The van der Waals surface area contributed by atoms with Crippen LogP contribution in [0.5, 0.6) is 0 Å². The molecule has 0 bridgehead atoms. The van der Waals surface area contributed by atoms with Crippen molar-refractivity contribution in [1.82, 2.24) is 14.8 Å². The zero-order valence-electron chi connectivity index (χ0n) is 14.0. The zero-order valence-corrected chi connectivity index (χ0v) is 14.8. The Morgan fingerprint density at radius 1 is 1.24 bits per heavy atom. The fraction of sp³-hybridized carbons (Fsp3) is 0.167. The molecule has 1 aromatic heterocycles. The van der Waals surface area contributed by atoms with Crippen molar-refractivity contribution in [2.45, 2.75) is 17.3 Å². The first-order valence-electron chi connectivity index (χ1n) is 7.80. The second-order valence-corrected chi connectivity index (χ2v) is 7.00. The van der Waals surface area contributed by atoms with Gasteiger partial charge in [0.1, 0.15) is 6.33 Å². The molecule has 0 radical (unpaired) electrons. The third-order valence-electron chi connectivity index (χ3n) is 3.71. The van der Waals surface area contributed by atoms with E-state index in [1.165, 1.54) is 0 Å². The van der Waals surface area contributed by atoms with Crippen LogP contribution in [0.15, 0.2) is 60.0 Å². The van der Waals surface area contributed by atoms with Crippen molar-refractivity contribution in [3.05, 3.63) is 66.0 Å². The lowest BCUT2D eigenvalue weighted by atomic mass is 10.1. The lowest BCUT2D eigenvalue weighted by molar-refractivity contribution is 0.102. The van der Waals surface area contributed by atoms with Gasteiger partial charge in [-0.1, -0.05) is 30.0 Å². The van der Waals surface area contributed by atoms with E-state index in [9.17, 15) is 4.79 Å². The smallest absolute Gasteiger partial charge is 0.255 e. The van der Waals surface area contributed by atoms with Gasteiger partial charge in [0.25, 0.3) is 5.91 Å². The number of hydrogen-bond acceptors (Lipinski definition) is 5. The van der Waals surface area contributed by atoms with E-state index in [0.717, 1.165) is 16.4 Å². The molecule has 3 rings (SSSR count). The molecule has 0 spiro atoms. The van der Waals surface area contributed by atoms with E-state index in [4.69, 9.17) is 5.73 Å². The van der Waals surface area contributed by atoms with Crippen molar-refractivity contribution in [1.29, 1.82) is 0 Å². The van der Waals surface area contributed by atoms with Gasteiger partial charge in [0.2, 0.25) is 0 Å². The minimum atomic E-state index is -0.182. The normalized spacial score (nSPS) is 11.9. The summed E-state index contributed by atoms with van der Waals surface area (Å²) in [4.78, 5) is 12.4. The van der Waals surface area contributed by atoms with Crippen LogP contribution in [0.1, 0.15) is 28.1 Å². The second kappa shape index (κ2) is 7.40. The Kier molecular flexibility index (Phi) is 5.04. The van der Waals surface area contributed by atoms with Crippen LogP contribution in [0.25, 0.3) is 0 Å². The molecule has 1 atom stereocenters. The van der Waals surface area contributed by atoms with Gasteiger partial charge < -0.3 is 15.6 Å². The van der Waals surface area contributed by atoms with Crippen LogP contribution in [-0.4, -0.2) is 20.7 Å². The Labute approximate surface area is 150 Å². The molecule has 0 unspecified atom stereocenters. The summed E-state index contributed by atoms with van der Waals surface area (Å²) in [5, 5.41) is 11.9. The summed E-state index contributed by atoms with van der Waals surface area (Å²) < 4.78 is 1.88. The van der Waals surface area contributed by atoms with Crippen LogP contribution < -0.4 is 11.1 Å². The number of carbonyl (C=O) groups is 1. The molecule has 3 aromatic rings. The highest BCUT2D eigenvalue weighted by Gasteiger charge is 2.13. The Morgan fingerprint density at radius 3 is 2.76 bits per heavy atom. The third-order valence-corrected chi connectivity index (χ3v) is 4.92. The summed E-state index contributed by atoms with van der Waals surface area (Å²) >= 11 is 1.62. The molecule has 0 aliphatic carbocycles. The van der Waals surface area contributed by atoms with Gasteiger partial charge in [-0.25, -0.2) is 0 Å². The Morgan fingerprint density at radius 2 is 2.04 bits per heavy atom. The quantitative estimate of drug-likeness (QED) is 0.541. The van der Waals surface area contributed by atoms with Gasteiger partial charge in [0.15, 0.2) is 5.16 Å². The molecule has 0 aliphatic rings. The van der Waals surface area contributed by atoms with E-state index in [-0.39, 0.29) is 11.2 Å². The monoisotopic (exact) mass is 353 g/mol. The van der Waals surface area contributed by atoms with Crippen LogP contribution in [0.3, 0.4) is 0 Å². The number of nitrogens with zero attached hydrogens (tertiary/aromatic N) is 3. The maximum absolute atomic E-state index is 12.4. The molecule has 3 N–H and O–H groups in total. The molecular weight excluding hydrogens is 334 g/mol. The summed E-state index contributed by atoms with van der Waals surface area (Å²) in [6, 6.07) is 14.7. The van der Waals surface area contributed by atoms with Gasteiger partial charge in [0.05, 0.1) is 0 Å². The number of thioether (sulfide) groups is 1. The van der Waals surface area contributed by atoms with Gasteiger partial charge in [-0.3, -0.25) is 4.79 Å². The number of nitrogen functional groups attached to an aromatic ring is 1. The Balaban J connectivity index is 1.73. The summed E-state index contributed by atoms with van der Waals surface area (Å²) in [5.41, 5.74) is 8.67. The van der Waals surface area contributed by atoms with Crippen LogP contribution >= 0.6 is 11.8 Å². The first kappa shape index (κ1) is 17.0. The van der Waals surface area contributed by atoms with E-state index in [1.54, 1.807) is 42.4 Å². The van der Waals surface area contributed by atoms with Crippen molar-refractivity contribution in [2.75, 3.05) is 11.1 Å². The molecule has 1 heterocycles. The number of aryl methyl sites for hydroxylation is 1. The number of carbonyl (C=O) groups excluding carboxylic acids is 1. The topological polar surface area (TPSA) is 85.8 Å². The van der Waals surface area contributed by atoms with Gasteiger partial charge in [-0.15, -0.1) is 10.2 Å². The fourth-order valence-corrected chi connectivity index (χ4v) is 3.26. The van der Waals surface area contributed by atoms with Crippen molar-refractivity contribution < 1.29 is 4.79 Å². The van der Waals surface area contributed by atoms with Crippen molar-refractivity contribution in [3.8, 4) is 0 Å². The molecule has 0 saturated heterocycles. The first-order chi connectivity index (χ1) is 12.0. The molecule has 128 valence electrons. The third kappa shape index (κ3) is 4.19. The summed E-state index contributed by atoms with van der Waals surface area (Å²) in [5.74, 6) is -0.182. The number of nitrogens with two attached hydrogens (primary N) is 1. The average molecular weight is 353 g/mol. The lowest BCUT2D eigenvalue weighted by Gasteiger charge is -2.13. The summed E-state index contributed by atoms with van der Waals surface area (Å²) in [7, 11) is 1.91. The molecule has 0 aliphatic heterocycles. The van der Waals surface area contributed by atoms with E-state index >= 15 is 0 Å². The molecule has 0 fully saturated rings. The number of hydrogen-bond donors (Lipinski definition) is 2. The zero-order chi connectivity index (χ0) is 17.8. The second-order valence-electron chi connectivity index (χ2n) is 5.69. The number of amides is 1. The summed E-state index contributed by atoms with van der Waals surface area (Å²) in [6.07, 6.45) is 1.68. The predicted octanol–water partition coefficient (Wildman–Crippen LogP) is 3.50. The van der Waals surface area contributed by atoms with E-state index in [1.807, 2.05) is 35.9 Å². The molecular formula is C18H19N5OS. The minimum absolute atomic E-state index is 0.173. The van der Waals surface area contributed by atoms with Crippen molar-refractivity contribution in [2.24, 2.45) is 7.05 Å². The number of aromatic nitrogens is 3. The largest absolute Gasteiger partial charge is 0.399 e. The highest BCUT2D eigenvalue weighted by molar-refractivity contribution is 7.99. The van der Waals surface area contributed by atoms with Crippen molar-refractivity contribution in [3.63, 3.8) is 0 Å². The molecule has 6 nitrogen and oxygen atoms in total. The Bertz CT molecular complexity index is 892. The molecule has 1 amide bonds. The van der Waals surface area contributed by atoms with Gasteiger partial charge >= 0.3 is 0 Å². The number of nitrogens with one attached hydrogen (secondary N) is 1. The molecule has 7 heteroatoms. The van der Waals surface area contributed by atoms with Crippen LogP contribution in [0, 0.1) is 0 Å². The van der Waals surface area contributed by atoms with Gasteiger partial charge in [-0.05, 0) is 42.8 Å². The fourth-order valence-electron chi connectivity index (χ4n) is 2.36. The molecule has 0 saturated carbocycles. The first-order valence-corrected chi connectivity index (χ1v) is 8.68. The van der Waals surface area contributed by atoms with E-state index in [2.05, 4.69) is 22.4 Å². The van der Waals surface area contributed by atoms with E-state index in [0.29, 0.717) is 11.3 Å². The predicted molar refractivity (Wildman–Crippen MR) is 101 cm³/mol. The van der Waals surface area contributed by atoms with Crippen LogP contribution in [-0.2, 0) is 7.05 Å². The summed E-state index contributed by atoms with van der Waals surface area (Å²) in [6.45, 7) is 2.10. The minimum Gasteiger partial charge on any atom is -0.399 e. The maximum atomic E-state index is 12.4. The molecule has 25 heavy (non-hydrogen) atoms. The highest BCUT2D eigenvalue weighted by atomic mass is 32.2. The number of anilines is 2. The van der Waals surface area contributed by atoms with Crippen LogP contribution in [0.4, 0.5) is 11.4 Å². The highest BCUT2D eigenvalue weighted by Crippen LogP contribution is 2.34. The molecule has 2 aromatic carbocycles. The maximum Gasteiger partial charge on any atom is 0.255 e. The van der Waals surface area contributed by atoms with Gasteiger partial charge in [-0.2, -0.15) is 0 Å². The Hall–Kier alpha value is -2.80.